The van der Waals surface area contributed by atoms with E-state index in [1.54, 1.807) is 6.26 Å². The van der Waals surface area contributed by atoms with E-state index >= 15 is 0 Å². The second-order valence-corrected chi connectivity index (χ2v) is 6.70. The summed E-state index contributed by atoms with van der Waals surface area (Å²) in [5.74, 6) is 3.82. The van der Waals surface area contributed by atoms with Crippen LogP contribution in [0, 0.1) is 17.8 Å². The summed E-state index contributed by atoms with van der Waals surface area (Å²) in [7, 11) is 0. The van der Waals surface area contributed by atoms with E-state index in [1.807, 2.05) is 6.07 Å². The lowest BCUT2D eigenvalue weighted by Gasteiger charge is -2.36. The number of furan rings is 1. The molecule has 2 bridgehead atoms. The molecule has 3 atom stereocenters. The molecule has 0 unspecified atom stereocenters. The molecule has 3 heteroatoms. The third-order valence-electron chi connectivity index (χ3n) is 5.33. The molecule has 0 aromatic carbocycles. The van der Waals surface area contributed by atoms with Crippen molar-refractivity contribution in [1.29, 1.82) is 0 Å². The molecule has 2 fully saturated rings. The van der Waals surface area contributed by atoms with Crippen LogP contribution in [0.2, 0.25) is 0 Å². The van der Waals surface area contributed by atoms with Crippen molar-refractivity contribution in [2.24, 2.45) is 17.8 Å². The zero-order chi connectivity index (χ0) is 13.4. The molecular formula is C17H24N2O. The van der Waals surface area contributed by atoms with Crippen LogP contribution in [0.25, 0.3) is 0 Å². The smallest absolute Gasteiger partial charge is 0.117 e. The maximum atomic E-state index is 5.44. The molecule has 0 amide bonds. The molecule has 3 aliphatic rings. The van der Waals surface area contributed by atoms with Gasteiger partial charge in [-0.15, -0.1) is 0 Å². The number of hydrogen-bond donors (Lipinski definition) is 0. The topological polar surface area (TPSA) is 19.6 Å². The van der Waals surface area contributed by atoms with E-state index in [0.29, 0.717) is 0 Å². The maximum Gasteiger partial charge on any atom is 0.117 e. The fourth-order valence-corrected chi connectivity index (χ4v) is 4.19. The van der Waals surface area contributed by atoms with Crippen molar-refractivity contribution in [3.8, 4) is 0 Å². The van der Waals surface area contributed by atoms with Crippen molar-refractivity contribution in [3.05, 3.63) is 36.3 Å². The molecule has 1 aromatic rings. The zero-order valence-electron chi connectivity index (χ0n) is 12.1. The molecule has 0 spiro atoms. The highest BCUT2D eigenvalue weighted by Crippen LogP contribution is 2.43. The first-order chi connectivity index (χ1) is 9.87. The molecule has 4 rings (SSSR count). The van der Waals surface area contributed by atoms with Crippen LogP contribution in [0.5, 0.6) is 0 Å². The van der Waals surface area contributed by atoms with Crippen LogP contribution < -0.4 is 0 Å². The van der Waals surface area contributed by atoms with Crippen LogP contribution >= 0.6 is 0 Å². The van der Waals surface area contributed by atoms with Crippen molar-refractivity contribution in [1.82, 2.24) is 9.80 Å². The Morgan fingerprint density at radius 3 is 2.55 bits per heavy atom. The van der Waals surface area contributed by atoms with Crippen LogP contribution in [0.15, 0.2) is 35.0 Å². The highest BCUT2D eigenvalue weighted by atomic mass is 16.3. The van der Waals surface area contributed by atoms with Crippen molar-refractivity contribution >= 4 is 0 Å². The SMILES string of the molecule is C1=C[C@H]2C[C@@H]1C[C@@H]2CN1CCN(Cc2ccco2)CC1. The van der Waals surface area contributed by atoms with Crippen molar-refractivity contribution in [2.75, 3.05) is 32.7 Å². The first kappa shape index (κ1) is 12.7. The predicted octanol–water partition coefficient (Wildman–Crippen LogP) is 2.61. The fourth-order valence-electron chi connectivity index (χ4n) is 4.19. The van der Waals surface area contributed by atoms with Gasteiger partial charge < -0.3 is 9.32 Å². The Bertz CT molecular complexity index is 459. The highest BCUT2D eigenvalue weighted by Gasteiger charge is 2.36. The first-order valence-corrected chi connectivity index (χ1v) is 8.02. The monoisotopic (exact) mass is 272 g/mol. The Morgan fingerprint density at radius 2 is 1.90 bits per heavy atom. The zero-order valence-corrected chi connectivity index (χ0v) is 12.1. The lowest BCUT2D eigenvalue weighted by molar-refractivity contribution is 0.103. The minimum absolute atomic E-state index is 0.890. The van der Waals surface area contributed by atoms with Crippen LogP contribution in [0.4, 0.5) is 0 Å². The number of fused-ring (bicyclic) bond motifs is 2. The number of nitrogens with zero attached hydrogens (tertiary/aromatic N) is 2. The van der Waals surface area contributed by atoms with Crippen LogP contribution in [0.1, 0.15) is 18.6 Å². The highest BCUT2D eigenvalue weighted by molar-refractivity contribution is 5.10. The molecule has 0 N–H and O–H groups in total. The van der Waals surface area contributed by atoms with E-state index in [1.165, 1.54) is 45.6 Å². The Balaban J connectivity index is 1.24. The number of hydrogen-bond acceptors (Lipinski definition) is 3. The van der Waals surface area contributed by atoms with Crippen molar-refractivity contribution in [2.45, 2.75) is 19.4 Å². The Kier molecular flexibility index (Phi) is 3.41. The number of allylic oxidation sites excluding steroid dienone is 2. The first-order valence-electron chi connectivity index (χ1n) is 8.02. The molecular weight excluding hydrogens is 248 g/mol. The summed E-state index contributed by atoms with van der Waals surface area (Å²) in [5.41, 5.74) is 0. The van der Waals surface area contributed by atoms with Gasteiger partial charge in [-0.25, -0.2) is 0 Å². The van der Waals surface area contributed by atoms with E-state index in [-0.39, 0.29) is 0 Å². The molecule has 0 radical (unpaired) electrons. The molecule has 1 saturated heterocycles. The summed E-state index contributed by atoms with van der Waals surface area (Å²) in [4.78, 5) is 5.19. The number of rotatable bonds is 4. The van der Waals surface area contributed by atoms with E-state index < -0.39 is 0 Å². The Labute approximate surface area is 121 Å². The number of piperazine rings is 1. The Morgan fingerprint density at radius 1 is 1.05 bits per heavy atom. The standard InChI is InChI=1S/C17H24N2O/c1-2-17(20-9-1)13-19-7-5-18(6-8-19)12-16-11-14-3-4-15(16)10-14/h1-4,9,14-16H,5-8,10-13H2/t14-,15+,16-/m1/s1. The summed E-state index contributed by atoms with van der Waals surface area (Å²) in [6, 6.07) is 4.06. The molecule has 2 heterocycles. The molecule has 108 valence electrons. The molecule has 20 heavy (non-hydrogen) atoms. The van der Waals surface area contributed by atoms with Gasteiger partial charge in [0.1, 0.15) is 5.76 Å². The largest absolute Gasteiger partial charge is 0.468 e. The van der Waals surface area contributed by atoms with Gasteiger partial charge in [-0.2, -0.15) is 0 Å². The van der Waals surface area contributed by atoms with Crippen molar-refractivity contribution in [3.63, 3.8) is 0 Å². The van der Waals surface area contributed by atoms with Crippen LogP contribution in [-0.2, 0) is 6.54 Å². The average Bonchev–Trinajstić information content (AvgIpc) is 3.18. The van der Waals surface area contributed by atoms with Gasteiger partial charge in [-0.1, -0.05) is 12.2 Å². The molecule has 1 saturated carbocycles. The maximum absolute atomic E-state index is 5.44. The fraction of sp³-hybridized carbons (Fsp3) is 0.647. The minimum atomic E-state index is 0.890. The van der Waals surface area contributed by atoms with Gasteiger partial charge in [0.25, 0.3) is 0 Å². The summed E-state index contributed by atoms with van der Waals surface area (Å²) in [5, 5.41) is 0. The van der Waals surface area contributed by atoms with E-state index in [0.717, 1.165) is 30.1 Å². The summed E-state index contributed by atoms with van der Waals surface area (Å²) < 4.78 is 5.44. The van der Waals surface area contributed by atoms with Gasteiger partial charge in [0.05, 0.1) is 12.8 Å². The summed E-state index contributed by atoms with van der Waals surface area (Å²) >= 11 is 0. The quantitative estimate of drug-likeness (QED) is 0.786. The minimum Gasteiger partial charge on any atom is -0.468 e. The van der Waals surface area contributed by atoms with Gasteiger partial charge in [0, 0.05) is 32.7 Å². The molecule has 2 aliphatic carbocycles. The third kappa shape index (κ3) is 2.57. The summed E-state index contributed by atoms with van der Waals surface area (Å²) in [6.45, 7) is 7.09. The molecule has 3 nitrogen and oxygen atoms in total. The van der Waals surface area contributed by atoms with Gasteiger partial charge in [-0.05, 0) is 42.7 Å². The van der Waals surface area contributed by atoms with Crippen LogP contribution in [-0.4, -0.2) is 42.5 Å². The van der Waals surface area contributed by atoms with Gasteiger partial charge in [-0.3, -0.25) is 4.90 Å². The average molecular weight is 272 g/mol. The summed E-state index contributed by atoms with van der Waals surface area (Å²) in [6.07, 6.45) is 9.57. The second-order valence-electron chi connectivity index (χ2n) is 6.70. The third-order valence-corrected chi connectivity index (χ3v) is 5.33. The second kappa shape index (κ2) is 5.38. The normalized spacial score (nSPS) is 34.1. The Hall–Kier alpha value is -1.06. The van der Waals surface area contributed by atoms with Crippen LogP contribution in [0.3, 0.4) is 0 Å². The van der Waals surface area contributed by atoms with E-state index in [4.69, 9.17) is 4.42 Å². The van der Waals surface area contributed by atoms with E-state index in [2.05, 4.69) is 28.0 Å². The van der Waals surface area contributed by atoms with E-state index in [9.17, 15) is 0 Å². The lowest BCUT2D eigenvalue weighted by Crippen LogP contribution is -2.47. The predicted molar refractivity (Wildman–Crippen MR) is 79.3 cm³/mol. The van der Waals surface area contributed by atoms with Gasteiger partial charge >= 0.3 is 0 Å². The molecule has 1 aliphatic heterocycles. The van der Waals surface area contributed by atoms with Gasteiger partial charge in [0.15, 0.2) is 0 Å². The van der Waals surface area contributed by atoms with Gasteiger partial charge in [0.2, 0.25) is 0 Å². The molecule has 1 aromatic heterocycles. The van der Waals surface area contributed by atoms with Crippen molar-refractivity contribution < 1.29 is 4.42 Å². The lowest BCUT2D eigenvalue weighted by atomic mass is 9.93.